The third kappa shape index (κ3) is 3.32. The summed E-state index contributed by atoms with van der Waals surface area (Å²) in [6, 6.07) is 13.8. The maximum Gasteiger partial charge on any atom is 0.276 e. The molecule has 0 aliphatic heterocycles. The van der Waals surface area contributed by atoms with Crippen LogP contribution >= 0.6 is 11.6 Å². The number of carbonyl (C=O) groups is 1. The van der Waals surface area contributed by atoms with Gasteiger partial charge in [0, 0.05) is 18.2 Å². The van der Waals surface area contributed by atoms with Gasteiger partial charge < -0.3 is 4.90 Å². The molecule has 1 aliphatic rings. The zero-order chi connectivity index (χ0) is 18.1. The Hall–Kier alpha value is -2.73. The van der Waals surface area contributed by atoms with Crippen LogP contribution in [-0.4, -0.2) is 31.8 Å². The quantitative estimate of drug-likeness (QED) is 0.685. The van der Waals surface area contributed by atoms with Crippen LogP contribution in [0, 0.1) is 5.82 Å². The molecule has 0 atom stereocenters. The molecule has 4 rings (SSSR count). The van der Waals surface area contributed by atoms with Gasteiger partial charge in [-0.1, -0.05) is 47.1 Å². The molecule has 1 fully saturated rings. The standard InChI is InChI=1S/C19H16ClFN4O/c20-15-6-2-4-8-18(15)25-12-17(22-23-25)19(26)24(14-9-10-14)11-13-5-1-3-7-16(13)21/h1-8,12,14H,9-11H2. The van der Waals surface area contributed by atoms with E-state index in [-0.39, 0.29) is 30.0 Å². The van der Waals surface area contributed by atoms with E-state index < -0.39 is 0 Å². The van der Waals surface area contributed by atoms with Crippen LogP contribution in [0.4, 0.5) is 4.39 Å². The number of amides is 1. The molecule has 3 aromatic rings. The highest BCUT2D eigenvalue weighted by molar-refractivity contribution is 6.32. The van der Waals surface area contributed by atoms with Gasteiger partial charge in [-0.15, -0.1) is 5.10 Å². The van der Waals surface area contributed by atoms with Crippen molar-refractivity contribution in [3.05, 3.63) is 76.8 Å². The summed E-state index contributed by atoms with van der Waals surface area (Å²) in [5, 5.41) is 8.53. The maximum atomic E-state index is 14.0. The predicted octanol–water partition coefficient (Wildman–Crippen LogP) is 3.86. The van der Waals surface area contributed by atoms with Crippen LogP contribution in [0.25, 0.3) is 5.69 Å². The van der Waals surface area contributed by atoms with Crippen LogP contribution in [-0.2, 0) is 6.54 Å². The molecule has 1 heterocycles. The van der Waals surface area contributed by atoms with E-state index in [0.717, 1.165) is 12.8 Å². The summed E-state index contributed by atoms with van der Waals surface area (Å²) in [5.41, 5.74) is 1.35. The number of benzene rings is 2. The van der Waals surface area contributed by atoms with Crippen LogP contribution in [0.3, 0.4) is 0 Å². The predicted molar refractivity (Wildman–Crippen MR) is 95.7 cm³/mol. The van der Waals surface area contributed by atoms with Crippen molar-refractivity contribution in [2.45, 2.75) is 25.4 Å². The molecule has 1 amide bonds. The Kier molecular flexibility index (Phi) is 4.42. The molecule has 132 valence electrons. The first-order valence-electron chi connectivity index (χ1n) is 8.35. The molecule has 2 aromatic carbocycles. The van der Waals surface area contributed by atoms with Gasteiger partial charge in [-0.05, 0) is 31.0 Å². The summed E-state index contributed by atoms with van der Waals surface area (Å²) in [5.74, 6) is -0.570. The van der Waals surface area contributed by atoms with Crippen LogP contribution in [0.5, 0.6) is 0 Å². The van der Waals surface area contributed by atoms with Gasteiger partial charge >= 0.3 is 0 Å². The van der Waals surface area contributed by atoms with Crippen molar-refractivity contribution in [1.29, 1.82) is 0 Å². The fraction of sp³-hybridized carbons (Fsp3) is 0.211. The molecule has 0 saturated heterocycles. The van der Waals surface area contributed by atoms with E-state index in [1.807, 2.05) is 12.1 Å². The highest BCUT2D eigenvalue weighted by Crippen LogP contribution is 2.30. The van der Waals surface area contributed by atoms with Crippen LogP contribution in [0.1, 0.15) is 28.9 Å². The fourth-order valence-electron chi connectivity index (χ4n) is 2.83. The molecule has 1 saturated carbocycles. The van der Waals surface area contributed by atoms with Crippen molar-refractivity contribution in [2.24, 2.45) is 0 Å². The average molecular weight is 371 g/mol. The van der Waals surface area contributed by atoms with Gasteiger partial charge in [0.2, 0.25) is 0 Å². The number of carbonyl (C=O) groups excluding carboxylic acids is 1. The summed E-state index contributed by atoms with van der Waals surface area (Å²) in [6.07, 6.45) is 3.39. The van der Waals surface area contributed by atoms with Gasteiger partial charge in [-0.25, -0.2) is 9.07 Å². The third-order valence-corrected chi connectivity index (χ3v) is 4.68. The van der Waals surface area contributed by atoms with E-state index in [9.17, 15) is 9.18 Å². The van der Waals surface area contributed by atoms with Crippen molar-refractivity contribution < 1.29 is 9.18 Å². The Labute approximate surface area is 155 Å². The Balaban J connectivity index is 1.59. The van der Waals surface area contributed by atoms with Gasteiger partial charge in [0.1, 0.15) is 5.82 Å². The van der Waals surface area contributed by atoms with E-state index in [4.69, 9.17) is 11.6 Å². The second kappa shape index (κ2) is 6.88. The Morgan fingerprint density at radius 1 is 1.19 bits per heavy atom. The minimum Gasteiger partial charge on any atom is -0.330 e. The largest absolute Gasteiger partial charge is 0.330 e. The SMILES string of the molecule is O=C(c1cn(-c2ccccc2Cl)nn1)N(Cc1ccccc1F)C1CC1. The highest BCUT2D eigenvalue weighted by atomic mass is 35.5. The molecule has 0 spiro atoms. The zero-order valence-electron chi connectivity index (χ0n) is 13.8. The number of rotatable bonds is 5. The van der Waals surface area contributed by atoms with E-state index >= 15 is 0 Å². The van der Waals surface area contributed by atoms with E-state index in [2.05, 4.69) is 10.3 Å². The van der Waals surface area contributed by atoms with Crippen LogP contribution in [0.2, 0.25) is 5.02 Å². The molecule has 0 unspecified atom stereocenters. The fourth-order valence-corrected chi connectivity index (χ4v) is 3.05. The monoisotopic (exact) mass is 370 g/mol. The first kappa shape index (κ1) is 16.7. The number of nitrogens with zero attached hydrogens (tertiary/aromatic N) is 4. The lowest BCUT2D eigenvalue weighted by molar-refractivity contribution is 0.0722. The average Bonchev–Trinajstić information content (AvgIpc) is 3.37. The number of aromatic nitrogens is 3. The summed E-state index contributed by atoms with van der Waals surface area (Å²) in [4.78, 5) is 14.6. The minimum atomic E-state index is -0.314. The highest BCUT2D eigenvalue weighted by Gasteiger charge is 2.34. The molecule has 1 aliphatic carbocycles. The number of halogens is 2. The molecule has 0 bridgehead atoms. The molecule has 7 heteroatoms. The molecule has 0 radical (unpaired) electrons. The molecule has 5 nitrogen and oxygen atoms in total. The molecule has 1 aromatic heterocycles. The summed E-state index contributed by atoms with van der Waals surface area (Å²) in [7, 11) is 0. The minimum absolute atomic E-state index is 0.118. The Morgan fingerprint density at radius 2 is 1.92 bits per heavy atom. The van der Waals surface area contributed by atoms with Crippen molar-refractivity contribution in [3.8, 4) is 5.69 Å². The molecular weight excluding hydrogens is 355 g/mol. The molecule has 26 heavy (non-hydrogen) atoms. The lowest BCUT2D eigenvalue weighted by atomic mass is 10.2. The zero-order valence-corrected chi connectivity index (χ0v) is 14.6. The smallest absolute Gasteiger partial charge is 0.276 e. The van der Waals surface area contributed by atoms with E-state index in [1.165, 1.54) is 10.7 Å². The maximum absolute atomic E-state index is 14.0. The summed E-state index contributed by atoms with van der Waals surface area (Å²) < 4.78 is 15.5. The second-order valence-corrected chi connectivity index (χ2v) is 6.66. The van der Waals surface area contributed by atoms with Gasteiger partial charge in [0.25, 0.3) is 5.91 Å². The summed E-state index contributed by atoms with van der Waals surface area (Å²) >= 11 is 6.17. The van der Waals surface area contributed by atoms with Gasteiger partial charge in [-0.2, -0.15) is 0 Å². The van der Waals surface area contributed by atoms with Gasteiger partial charge in [0.15, 0.2) is 5.69 Å². The first-order chi connectivity index (χ1) is 12.6. The number of para-hydroxylation sites is 1. The third-order valence-electron chi connectivity index (χ3n) is 4.36. The summed E-state index contributed by atoms with van der Waals surface area (Å²) in [6.45, 7) is 0.217. The van der Waals surface area contributed by atoms with E-state index in [1.54, 1.807) is 41.4 Å². The van der Waals surface area contributed by atoms with Crippen molar-refractivity contribution in [1.82, 2.24) is 19.9 Å². The second-order valence-electron chi connectivity index (χ2n) is 6.26. The normalized spacial score (nSPS) is 13.6. The lowest BCUT2D eigenvalue weighted by Crippen LogP contribution is -2.33. The lowest BCUT2D eigenvalue weighted by Gasteiger charge is -2.21. The van der Waals surface area contributed by atoms with Crippen LogP contribution < -0.4 is 0 Å². The van der Waals surface area contributed by atoms with Crippen molar-refractivity contribution in [3.63, 3.8) is 0 Å². The van der Waals surface area contributed by atoms with Gasteiger partial charge in [0.05, 0.1) is 16.9 Å². The topological polar surface area (TPSA) is 51.0 Å². The Morgan fingerprint density at radius 3 is 2.65 bits per heavy atom. The molecule has 0 N–H and O–H groups in total. The molecular formula is C19H16ClFN4O. The van der Waals surface area contributed by atoms with Gasteiger partial charge in [-0.3, -0.25) is 4.79 Å². The van der Waals surface area contributed by atoms with Crippen LogP contribution in [0.15, 0.2) is 54.7 Å². The number of hydrogen-bond donors (Lipinski definition) is 0. The Bertz CT molecular complexity index is 954. The van der Waals surface area contributed by atoms with Crippen molar-refractivity contribution in [2.75, 3.05) is 0 Å². The van der Waals surface area contributed by atoms with Crippen molar-refractivity contribution >= 4 is 17.5 Å². The number of hydrogen-bond acceptors (Lipinski definition) is 3. The van der Waals surface area contributed by atoms with E-state index in [0.29, 0.717) is 16.3 Å². The first-order valence-corrected chi connectivity index (χ1v) is 8.73.